The lowest BCUT2D eigenvalue weighted by Crippen LogP contribution is -2.15. The van der Waals surface area contributed by atoms with Crippen molar-refractivity contribution in [3.63, 3.8) is 0 Å². The molecule has 4 nitrogen and oxygen atoms in total. The third-order valence-corrected chi connectivity index (χ3v) is 5.38. The van der Waals surface area contributed by atoms with E-state index >= 15 is 0 Å². The van der Waals surface area contributed by atoms with Crippen molar-refractivity contribution in [2.75, 3.05) is 5.32 Å². The number of aryl methyl sites for hydroxylation is 3. The molecule has 1 amide bonds. The van der Waals surface area contributed by atoms with Crippen molar-refractivity contribution in [1.29, 1.82) is 0 Å². The van der Waals surface area contributed by atoms with E-state index in [0.717, 1.165) is 33.3 Å². The van der Waals surface area contributed by atoms with Gasteiger partial charge >= 0.3 is 0 Å². The van der Waals surface area contributed by atoms with Crippen molar-refractivity contribution in [3.05, 3.63) is 74.2 Å². The second kappa shape index (κ2) is 8.55. The van der Waals surface area contributed by atoms with Crippen LogP contribution in [0.3, 0.4) is 0 Å². The van der Waals surface area contributed by atoms with Crippen LogP contribution < -0.4 is 10.1 Å². The Labute approximate surface area is 168 Å². The van der Waals surface area contributed by atoms with Gasteiger partial charge in [-0.15, -0.1) is 11.3 Å². The normalized spacial score (nSPS) is 10.7. The largest absolute Gasteiger partial charge is 0.486 e. The number of aromatic nitrogens is 1. The van der Waals surface area contributed by atoms with Crippen molar-refractivity contribution in [3.8, 4) is 5.75 Å². The zero-order valence-corrected chi connectivity index (χ0v) is 17.1. The van der Waals surface area contributed by atoms with Gasteiger partial charge in [-0.25, -0.2) is 4.98 Å². The second-order valence-electron chi connectivity index (χ2n) is 6.48. The average Bonchev–Trinajstić information content (AvgIpc) is 3.06. The van der Waals surface area contributed by atoms with E-state index in [4.69, 9.17) is 16.3 Å². The van der Waals surface area contributed by atoms with Crippen molar-refractivity contribution in [2.24, 2.45) is 0 Å². The number of nitrogens with one attached hydrogen (secondary N) is 1. The number of carbonyl (C=O) groups is 1. The fourth-order valence-corrected chi connectivity index (χ4v) is 3.48. The minimum atomic E-state index is -0.0759. The number of halogens is 1. The second-order valence-corrected chi connectivity index (χ2v) is 7.83. The van der Waals surface area contributed by atoms with E-state index in [1.807, 2.05) is 62.5 Å². The molecule has 1 N–H and O–H groups in total. The highest BCUT2D eigenvalue weighted by atomic mass is 35.5. The summed E-state index contributed by atoms with van der Waals surface area (Å²) in [7, 11) is 0. The lowest BCUT2D eigenvalue weighted by molar-refractivity contribution is -0.115. The Kier molecular flexibility index (Phi) is 6.14. The number of nitrogens with zero attached hydrogens (tertiary/aromatic N) is 1. The molecule has 0 unspecified atom stereocenters. The molecule has 0 fully saturated rings. The molecule has 0 radical (unpaired) electrons. The fourth-order valence-electron chi connectivity index (χ4n) is 2.66. The molecule has 3 aromatic rings. The number of carbonyl (C=O) groups excluding carboxylic acids is 1. The maximum Gasteiger partial charge on any atom is 0.230 e. The van der Waals surface area contributed by atoms with Crippen molar-refractivity contribution < 1.29 is 9.53 Å². The van der Waals surface area contributed by atoms with Crippen LogP contribution >= 0.6 is 22.9 Å². The smallest absolute Gasteiger partial charge is 0.230 e. The average molecular weight is 401 g/mol. The molecule has 0 spiro atoms. The minimum Gasteiger partial charge on any atom is -0.486 e. The maximum absolute atomic E-state index is 12.3. The molecular weight excluding hydrogens is 380 g/mol. The number of rotatable bonds is 6. The quantitative estimate of drug-likeness (QED) is 0.595. The van der Waals surface area contributed by atoms with Gasteiger partial charge in [0.2, 0.25) is 5.91 Å². The standard InChI is InChI=1S/C21H21ClN2O2S/c1-13-4-7-19(15(3)8-13)24-20(25)10-16-12-27-21(23-16)11-26-17-5-6-18(22)14(2)9-17/h4-9,12H,10-11H2,1-3H3,(H,24,25). The van der Waals surface area contributed by atoms with Gasteiger partial charge in [0.15, 0.2) is 0 Å². The van der Waals surface area contributed by atoms with Crippen LogP contribution in [0.1, 0.15) is 27.4 Å². The van der Waals surface area contributed by atoms with Gasteiger partial charge in [0.05, 0.1) is 12.1 Å². The summed E-state index contributed by atoms with van der Waals surface area (Å²) in [6.45, 7) is 6.32. The summed E-state index contributed by atoms with van der Waals surface area (Å²) < 4.78 is 5.76. The van der Waals surface area contributed by atoms with Crippen LogP contribution in [0.5, 0.6) is 5.75 Å². The number of hydrogen-bond donors (Lipinski definition) is 1. The molecule has 0 atom stereocenters. The summed E-state index contributed by atoms with van der Waals surface area (Å²) >= 11 is 7.51. The van der Waals surface area contributed by atoms with Crippen LogP contribution in [0.4, 0.5) is 5.69 Å². The zero-order chi connectivity index (χ0) is 19.4. The monoisotopic (exact) mass is 400 g/mol. The van der Waals surface area contributed by atoms with Gasteiger partial charge in [0, 0.05) is 16.1 Å². The number of anilines is 1. The van der Waals surface area contributed by atoms with Crippen molar-refractivity contribution in [2.45, 2.75) is 33.8 Å². The van der Waals surface area contributed by atoms with Gasteiger partial charge in [-0.05, 0) is 56.2 Å². The van der Waals surface area contributed by atoms with Crippen molar-refractivity contribution >= 4 is 34.5 Å². The third kappa shape index (κ3) is 5.31. The van der Waals surface area contributed by atoms with Crippen molar-refractivity contribution in [1.82, 2.24) is 4.98 Å². The first-order valence-corrected chi connectivity index (χ1v) is 9.86. The Hall–Kier alpha value is -2.37. The first-order valence-electron chi connectivity index (χ1n) is 8.60. The lowest BCUT2D eigenvalue weighted by atomic mass is 10.1. The lowest BCUT2D eigenvalue weighted by Gasteiger charge is -2.08. The summed E-state index contributed by atoms with van der Waals surface area (Å²) in [5.74, 6) is 0.675. The topological polar surface area (TPSA) is 51.2 Å². The molecule has 0 aliphatic rings. The number of thiazole rings is 1. The van der Waals surface area contributed by atoms with E-state index in [1.54, 1.807) is 0 Å². The van der Waals surface area contributed by atoms with Crippen LogP contribution in [0, 0.1) is 20.8 Å². The highest BCUT2D eigenvalue weighted by Gasteiger charge is 2.10. The number of amides is 1. The highest BCUT2D eigenvalue weighted by molar-refractivity contribution is 7.09. The van der Waals surface area contributed by atoms with E-state index in [0.29, 0.717) is 11.6 Å². The van der Waals surface area contributed by atoms with Crippen LogP contribution in [0.2, 0.25) is 5.02 Å². The molecule has 0 aliphatic carbocycles. The Morgan fingerprint density at radius 2 is 1.96 bits per heavy atom. The Morgan fingerprint density at radius 3 is 2.70 bits per heavy atom. The summed E-state index contributed by atoms with van der Waals surface area (Å²) in [5.41, 5.74) is 4.77. The Balaban J connectivity index is 1.55. The van der Waals surface area contributed by atoms with Crippen LogP contribution in [0.15, 0.2) is 41.8 Å². The summed E-state index contributed by atoms with van der Waals surface area (Å²) in [6, 6.07) is 11.5. The molecule has 1 heterocycles. The fraction of sp³-hybridized carbons (Fsp3) is 0.238. The number of benzene rings is 2. The van der Waals surface area contributed by atoms with Gasteiger partial charge in [-0.3, -0.25) is 4.79 Å². The third-order valence-electron chi connectivity index (χ3n) is 4.09. The molecule has 0 aliphatic heterocycles. The van der Waals surface area contributed by atoms with Gasteiger partial charge in [-0.1, -0.05) is 29.3 Å². The van der Waals surface area contributed by atoms with Crippen LogP contribution in [-0.2, 0) is 17.8 Å². The molecular formula is C21H21ClN2O2S. The van der Waals surface area contributed by atoms with Gasteiger partial charge in [0.1, 0.15) is 17.4 Å². The SMILES string of the molecule is Cc1ccc(NC(=O)Cc2csc(COc3ccc(Cl)c(C)c3)n2)c(C)c1. The molecule has 2 aromatic carbocycles. The molecule has 6 heteroatoms. The van der Waals surface area contributed by atoms with E-state index in [1.165, 1.54) is 16.9 Å². The highest BCUT2D eigenvalue weighted by Crippen LogP contribution is 2.22. The molecule has 0 bridgehead atoms. The van der Waals surface area contributed by atoms with E-state index in [2.05, 4.69) is 10.3 Å². The summed E-state index contributed by atoms with van der Waals surface area (Å²) in [6.07, 6.45) is 0.240. The van der Waals surface area contributed by atoms with Gasteiger partial charge < -0.3 is 10.1 Å². The first-order chi connectivity index (χ1) is 12.9. The Morgan fingerprint density at radius 1 is 1.15 bits per heavy atom. The van der Waals surface area contributed by atoms with Gasteiger partial charge in [0.25, 0.3) is 0 Å². The predicted octanol–water partition coefficient (Wildman–Crippen LogP) is 5.48. The zero-order valence-electron chi connectivity index (χ0n) is 15.5. The first kappa shape index (κ1) is 19.4. The van der Waals surface area contributed by atoms with Gasteiger partial charge in [-0.2, -0.15) is 0 Å². The number of ether oxygens (including phenoxy) is 1. The number of hydrogen-bond acceptors (Lipinski definition) is 4. The van der Waals surface area contributed by atoms with E-state index in [-0.39, 0.29) is 12.3 Å². The molecule has 140 valence electrons. The molecule has 0 saturated heterocycles. The summed E-state index contributed by atoms with van der Waals surface area (Å²) in [5, 5.41) is 6.39. The Bertz CT molecular complexity index is 969. The van der Waals surface area contributed by atoms with E-state index < -0.39 is 0 Å². The molecule has 0 saturated carbocycles. The predicted molar refractivity (Wildman–Crippen MR) is 111 cm³/mol. The summed E-state index contributed by atoms with van der Waals surface area (Å²) in [4.78, 5) is 16.8. The molecule has 1 aromatic heterocycles. The minimum absolute atomic E-state index is 0.0759. The molecule has 3 rings (SSSR count). The molecule has 27 heavy (non-hydrogen) atoms. The van der Waals surface area contributed by atoms with E-state index in [9.17, 15) is 4.79 Å². The van der Waals surface area contributed by atoms with Crippen LogP contribution in [-0.4, -0.2) is 10.9 Å². The van der Waals surface area contributed by atoms with Crippen LogP contribution in [0.25, 0.3) is 0 Å². The maximum atomic E-state index is 12.3.